The molecule has 0 aromatic heterocycles. The van der Waals surface area contributed by atoms with Gasteiger partial charge in [0.05, 0.1) is 17.2 Å². The lowest BCUT2D eigenvalue weighted by Crippen LogP contribution is -2.46. The number of carbonyl (C=O) groups excluding carboxylic acids is 2. The minimum absolute atomic E-state index is 0.0822. The Labute approximate surface area is 154 Å². The van der Waals surface area contributed by atoms with Crippen molar-refractivity contribution in [1.82, 2.24) is 10.2 Å². The zero-order valence-electron chi connectivity index (χ0n) is 13.3. The van der Waals surface area contributed by atoms with Crippen molar-refractivity contribution in [2.75, 3.05) is 26.3 Å². The molecule has 0 bridgehead atoms. The van der Waals surface area contributed by atoms with Crippen molar-refractivity contribution in [3.63, 3.8) is 0 Å². The molecule has 0 saturated carbocycles. The molecule has 1 saturated heterocycles. The second kappa shape index (κ2) is 9.03. The maximum Gasteiger partial charge on any atom is 0.329 e. The molecule has 0 spiro atoms. The molecule has 2 rings (SSSR count). The van der Waals surface area contributed by atoms with Crippen LogP contribution in [0, 0.1) is 0 Å². The molecule has 7 nitrogen and oxygen atoms in total. The Kier molecular flexibility index (Phi) is 7.04. The minimum Gasteiger partial charge on any atom is -0.480 e. The number of carboxylic acids is 1. The summed E-state index contributed by atoms with van der Waals surface area (Å²) in [5.74, 6) is -1.72. The van der Waals surface area contributed by atoms with Crippen molar-refractivity contribution in [3.8, 4) is 0 Å². The third kappa shape index (κ3) is 5.32. The number of amides is 2. The fraction of sp³-hybridized carbons (Fsp3) is 0.438. The first kappa shape index (κ1) is 19.5. The standard InChI is InChI=1S/C16H18Cl2N2O5/c17-10-3-4-12(18)11(8-10)16(24)20-6-1-2-13(20)15(23)19-5-7-25-9-14(21)22/h3-4,8,13H,1-2,5-7,9H2,(H,19,23)(H,21,22). The average Bonchev–Trinajstić information content (AvgIpc) is 3.05. The molecule has 1 unspecified atom stereocenters. The number of benzene rings is 1. The molecule has 1 aromatic carbocycles. The Morgan fingerprint density at radius 2 is 2.08 bits per heavy atom. The van der Waals surface area contributed by atoms with Crippen LogP contribution < -0.4 is 5.32 Å². The number of aliphatic carboxylic acids is 1. The maximum absolute atomic E-state index is 12.7. The van der Waals surface area contributed by atoms with Crippen molar-refractivity contribution in [1.29, 1.82) is 0 Å². The molecule has 1 heterocycles. The molecule has 136 valence electrons. The number of carbonyl (C=O) groups is 3. The van der Waals surface area contributed by atoms with Gasteiger partial charge < -0.3 is 20.1 Å². The summed E-state index contributed by atoms with van der Waals surface area (Å²) >= 11 is 12.0. The lowest BCUT2D eigenvalue weighted by atomic mass is 10.1. The molecule has 1 fully saturated rings. The normalized spacial score (nSPS) is 16.7. The first-order chi connectivity index (χ1) is 11.9. The summed E-state index contributed by atoms with van der Waals surface area (Å²) in [6, 6.07) is 4.02. The number of likely N-dealkylation sites (tertiary alicyclic amines) is 1. The van der Waals surface area contributed by atoms with Crippen LogP contribution in [0.2, 0.25) is 10.0 Å². The van der Waals surface area contributed by atoms with Crippen LogP contribution in [0.3, 0.4) is 0 Å². The number of hydrogen-bond donors (Lipinski definition) is 2. The zero-order valence-corrected chi connectivity index (χ0v) is 14.8. The smallest absolute Gasteiger partial charge is 0.329 e. The van der Waals surface area contributed by atoms with E-state index in [2.05, 4.69) is 5.32 Å². The fourth-order valence-electron chi connectivity index (χ4n) is 2.62. The van der Waals surface area contributed by atoms with Gasteiger partial charge in [-0.2, -0.15) is 0 Å². The van der Waals surface area contributed by atoms with Crippen LogP contribution in [0.1, 0.15) is 23.2 Å². The molecule has 2 amide bonds. The zero-order chi connectivity index (χ0) is 18.4. The van der Waals surface area contributed by atoms with Crippen molar-refractivity contribution < 1.29 is 24.2 Å². The highest BCUT2D eigenvalue weighted by Gasteiger charge is 2.35. The second-order valence-electron chi connectivity index (χ2n) is 5.52. The summed E-state index contributed by atoms with van der Waals surface area (Å²) in [6.45, 7) is 0.286. The van der Waals surface area contributed by atoms with Crippen LogP contribution in [0.25, 0.3) is 0 Å². The third-order valence-electron chi connectivity index (χ3n) is 3.75. The summed E-state index contributed by atoms with van der Waals surface area (Å²) in [5.41, 5.74) is 0.263. The molecular weight excluding hydrogens is 371 g/mol. The van der Waals surface area contributed by atoms with Gasteiger partial charge >= 0.3 is 5.97 Å². The van der Waals surface area contributed by atoms with Crippen molar-refractivity contribution in [3.05, 3.63) is 33.8 Å². The quantitative estimate of drug-likeness (QED) is 0.694. The van der Waals surface area contributed by atoms with Gasteiger partial charge in [-0.1, -0.05) is 23.2 Å². The summed E-state index contributed by atoms with van der Waals surface area (Å²) < 4.78 is 4.85. The van der Waals surface area contributed by atoms with Gasteiger partial charge in [0.15, 0.2) is 0 Å². The van der Waals surface area contributed by atoms with Crippen LogP contribution in [0.5, 0.6) is 0 Å². The van der Waals surface area contributed by atoms with Crippen molar-refractivity contribution in [2.24, 2.45) is 0 Å². The van der Waals surface area contributed by atoms with Gasteiger partial charge in [0.1, 0.15) is 12.6 Å². The molecule has 1 aliphatic rings. The van der Waals surface area contributed by atoms with Gasteiger partial charge in [-0.15, -0.1) is 0 Å². The molecule has 1 aromatic rings. The van der Waals surface area contributed by atoms with E-state index in [1.807, 2.05) is 0 Å². The Morgan fingerprint density at radius 1 is 1.32 bits per heavy atom. The largest absolute Gasteiger partial charge is 0.480 e. The van der Waals surface area contributed by atoms with E-state index in [1.54, 1.807) is 12.1 Å². The Bertz CT molecular complexity index is 668. The van der Waals surface area contributed by atoms with Gasteiger partial charge in [-0.3, -0.25) is 9.59 Å². The summed E-state index contributed by atoms with van der Waals surface area (Å²) in [5, 5.41) is 11.8. The van der Waals surface area contributed by atoms with Gasteiger partial charge in [-0.05, 0) is 31.0 Å². The summed E-state index contributed by atoms with van der Waals surface area (Å²) in [7, 11) is 0. The van der Waals surface area contributed by atoms with Gasteiger partial charge in [0.25, 0.3) is 5.91 Å². The van der Waals surface area contributed by atoms with Crippen LogP contribution in [-0.2, 0) is 14.3 Å². The molecule has 25 heavy (non-hydrogen) atoms. The highest BCUT2D eigenvalue weighted by molar-refractivity contribution is 6.35. The first-order valence-electron chi connectivity index (χ1n) is 7.73. The minimum atomic E-state index is -1.07. The second-order valence-corrected chi connectivity index (χ2v) is 6.36. The summed E-state index contributed by atoms with van der Waals surface area (Å²) in [6.07, 6.45) is 1.25. The number of nitrogens with zero attached hydrogens (tertiary/aromatic N) is 1. The van der Waals surface area contributed by atoms with Crippen LogP contribution in [-0.4, -0.2) is 60.1 Å². The average molecular weight is 389 g/mol. The topological polar surface area (TPSA) is 95.9 Å². The van der Waals surface area contributed by atoms with E-state index in [9.17, 15) is 14.4 Å². The summed E-state index contributed by atoms with van der Waals surface area (Å²) in [4.78, 5) is 36.8. The number of rotatable bonds is 7. The highest BCUT2D eigenvalue weighted by atomic mass is 35.5. The lowest BCUT2D eigenvalue weighted by Gasteiger charge is -2.24. The van der Waals surface area contributed by atoms with Crippen molar-refractivity contribution in [2.45, 2.75) is 18.9 Å². The Balaban J connectivity index is 1.94. The number of hydrogen-bond acceptors (Lipinski definition) is 4. The van der Waals surface area contributed by atoms with Gasteiger partial charge in [0.2, 0.25) is 5.91 Å². The predicted molar refractivity (Wildman–Crippen MR) is 92.0 cm³/mol. The van der Waals surface area contributed by atoms with E-state index in [4.69, 9.17) is 33.0 Å². The molecule has 1 atom stereocenters. The number of nitrogens with one attached hydrogen (secondary N) is 1. The molecular formula is C16H18Cl2N2O5. The van der Waals surface area contributed by atoms with Crippen molar-refractivity contribution >= 4 is 41.0 Å². The lowest BCUT2D eigenvalue weighted by molar-refractivity contribution is -0.142. The highest BCUT2D eigenvalue weighted by Crippen LogP contribution is 2.26. The number of carboxylic acid groups (broad SMARTS) is 1. The van der Waals surface area contributed by atoms with E-state index in [-0.39, 0.29) is 35.6 Å². The Morgan fingerprint density at radius 3 is 2.80 bits per heavy atom. The number of ether oxygens (including phenoxy) is 1. The monoisotopic (exact) mass is 388 g/mol. The first-order valence-corrected chi connectivity index (χ1v) is 8.49. The van der Waals surface area contributed by atoms with Gasteiger partial charge in [0, 0.05) is 18.1 Å². The third-order valence-corrected chi connectivity index (χ3v) is 4.31. The van der Waals surface area contributed by atoms with Crippen LogP contribution in [0.15, 0.2) is 18.2 Å². The predicted octanol–water partition coefficient (Wildman–Crippen LogP) is 1.82. The molecule has 2 N–H and O–H groups in total. The molecule has 0 radical (unpaired) electrons. The van der Waals surface area contributed by atoms with Crippen LogP contribution in [0.4, 0.5) is 0 Å². The SMILES string of the molecule is O=C(O)COCCNC(=O)C1CCCN1C(=O)c1cc(Cl)ccc1Cl. The number of halogens is 2. The van der Waals surface area contributed by atoms with E-state index in [0.29, 0.717) is 24.4 Å². The molecule has 9 heteroatoms. The van der Waals surface area contributed by atoms with Crippen LogP contribution >= 0.6 is 23.2 Å². The molecule has 1 aliphatic heterocycles. The fourth-order valence-corrected chi connectivity index (χ4v) is 2.99. The Hall–Kier alpha value is -1.83. The van der Waals surface area contributed by atoms with E-state index in [0.717, 1.165) is 0 Å². The van der Waals surface area contributed by atoms with Gasteiger partial charge in [-0.25, -0.2) is 4.79 Å². The van der Waals surface area contributed by atoms with E-state index in [1.165, 1.54) is 11.0 Å². The molecule has 0 aliphatic carbocycles. The maximum atomic E-state index is 12.7. The van der Waals surface area contributed by atoms with E-state index >= 15 is 0 Å². The van der Waals surface area contributed by atoms with E-state index < -0.39 is 18.6 Å².